The summed E-state index contributed by atoms with van der Waals surface area (Å²) in [6, 6.07) is 9.38. The smallest absolute Gasteiger partial charge is 0.407 e. The van der Waals surface area contributed by atoms with Crippen molar-refractivity contribution in [1.82, 2.24) is 19.9 Å². The van der Waals surface area contributed by atoms with Gasteiger partial charge in [-0.2, -0.15) is 4.98 Å². The number of piperidine rings is 1. The second-order valence-electron chi connectivity index (χ2n) is 8.25. The molecule has 4 rings (SSSR count). The number of rotatable bonds is 6. The van der Waals surface area contributed by atoms with Crippen LogP contribution in [-0.2, 0) is 5.41 Å². The first kappa shape index (κ1) is 22.4. The zero-order valence-corrected chi connectivity index (χ0v) is 19.0. The summed E-state index contributed by atoms with van der Waals surface area (Å²) >= 11 is 0. The van der Waals surface area contributed by atoms with Crippen LogP contribution >= 0.6 is 0 Å². The summed E-state index contributed by atoms with van der Waals surface area (Å²) in [5.41, 5.74) is 7.52. The second kappa shape index (κ2) is 8.97. The van der Waals surface area contributed by atoms with Crippen molar-refractivity contribution >= 4 is 28.8 Å². The minimum Gasteiger partial charge on any atom is -0.493 e. The number of nitrogen functional groups attached to an aromatic ring is 1. The molecule has 3 heterocycles. The number of anilines is 2. The fourth-order valence-electron chi connectivity index (χ4n) is 4.46. The van der Waals surface area contributed by atoms with Crippen LogP contribution in [0.3, 0.4) is 0 Å². The molecule has 0 saturated carbocycles. The highest BCUT2D eigenvalue weighted by Crippen LogP contribution is 2.37. The van der Waals surface area contributed by atoms with Crippen molar-refractivity contribution in [2.24, 2.45) is 0 Å². The summed E-state index contributed by atoms with van der Waals surface area (Å²) in [4.78, 5) is 28.7. The number of hydrogen-bond donors (Lipinski definition) is 2. The SMILES string of the molecule is COc1cc2nc(N(C)CC3(c4ccccn4)CCN(C(=O)O)CC3)nc(N)c2cc1OC. The van der Waals surface area contributed by atoms with Crippen molar-refractivity contribution in [3.8, 4) is 11.5 Å². The minimum absolute atomic E-state index is 0.341. The lowest BCUT2D eigenvalue weighted by atomic mass is 9.75. The maximum absolute atomic E-state index is 11.5. The van der Waals surface area contributed by atoms with Crippen LogP contribution in [0.2, 0.25) is 0 Å². The van der Waals surface area contributed by atoms with Gasteiger partial charge in [-0.25, -0.2) is 9.78 Å². The maximum atomic E-state index is 11.5. The maximum Gasteiger partial charge on any atom is 0.407 e. The number of nitrogens with two attached hydrogens (primary N) is 1. The Labute approximate surface area is 192 Å². The van der Waals surface area contributed by atoms with Crippen LogP contribution in [0.25, 0.3) is 10.9 Å². The summed E-state index contributed by atoms with van der Waals surface area (Å²) in [5, 5.41) is 10.1. The highest BCUT2D eigenvalue weighted by atomic mass is 16.5. The van der Waals surface area contributed by atoms with Crippen molar-refractivity contribution in [3.05, 3.63) is 42.2 Å². The number of hydrogen-bond acceptors (Lipinski definition) is 8. The van der Waals surface area contributed by atoms with E-state index in [2.05, 4.69) is 9.97 Å². The number of nitrogens with zero attached hydrogens (tertiary/aromatic N) is 5. The van der Waals surface area contributed by atoms with Crippen LogP contribution in [-0.4, -0.2) is 72.0 Å². The molecule has 0 bridgehead atoms. The topological polar surface area (TPSA) is 127 Å². The van der Waals surface area contributed by atoms with Crippen molar-refractivity contribution < 1.29 is 19.4 Å². The molecule has 174 valence electrons. The molecule has 1 aromatic carbocycles. The Morgan fingerprint density at radius 1 is 1.18 bits per heavy atom. The predicted molar refractivity (Wildman–Crippen MR) is 125 cm³/mol. The second-order valence-corrected chi connectivity index (χ2v) is 8.25. The molecule has 3 N–H and O–H groups in total. The molecule has 0 radical (unpaired) electrons. The molecule has 0 aliphatic carbocycles. The third-order valence-corrected chi connectivity index (χ3v) is 6.30. The molecule has 1 saturated heterocycles. The number of ether oxygens (including phenoxy) is 2. The molecule has 1 aliphatic rings. The first-order chi connectivity index (χ1) is 15.9. The number of carbonyl (C=O) groups is 1. The molecule has 3 aromatic rings. The highest BCUT2D eigenvalue weighted by Gasteiger charge is 2.40. The van der Waals surface area contributed by atoms with Gasteiger partial charge in [0.2, 0.25) is 5.95 Å². The van der Waals surface area contributed by atoms with Gasteiger partial charge in [-0.05, 0) is 31.0 Å². The zero-order chi connectivity index (χ0) is 23.6. The van der Waals surface area contributed by atoms with Gasteiger partial charge in [0.15, 0.2) is 11.5 Å². The van der Waals surface area contributed by atoms with E-state index in [0.717, 1.165) is 5.69 Å². The molecule has 10 heteroatoms. The molecule has 10 nitrogen and oxygen atoms in total. The Balaban J connectivity index is 1.68. The summed E-state index contributed by atoms with van der Waals surface area (Å²) in [6.45, 7) is 1.45. The summed E-state index contributed by atoms with van der Waals surface area (Å²) in [5.74, 6) is 1.93. The van der Waals surface area contributed by atoms with E-state index in [1.807, 2.05) is 30.1 Å². The molecular weight excluding hydrogens is 424 g/mol. The zero-order valence-electron chi connectivity index (χ0n) is 19.0. The fourth-order valence-corrected chi connectivity index (χ4v) is 4.46. The van der Waals surface area contributed by atoms with E-state index in [1.165, 1.54) is 4.90 Å². The number of likely N-dealkylation sites (N-methyl/N-ethyl adjacent to an activating group) is 1. The Morgan fingerprint density at radius 2 is 1.88 bits per heavy atom. The average Bonchev–Trinajstić information content (AvgIpc) is 2.84. The lowest BCUT2D eigenvalue weighted by Crippen LogP contribution is -2.50. The number of amides is 1. The van der Waals surface area contributed by atoms with Gasteiger partial charge in [-0.1, -0.05) is 6.07 Å². The molecule has 2 aromatic heterocycles. The van der Waals surface area contributed by atoms with Crippen LogP contribution in [0.4, 0.5) is 16.6 Å². The van der Waals surface area contributed by atoms with Crippen LogP contribution < -0.4 is 20.1 Å². The van der Waals surface area contributed by atoms with Gasteiger partial charge in [0.1, 0.15) is 5.82 Å². The van der Waals surface area contributed by atoms with Crippen LogP contribution in [0.15, 0.2) is 36.5 Å². The molecular formula is C23H28N6O4. The van der Waals surface area contributed by atoms with E-state index >= 15 is 0 Å². The summed E-state index contributed by atoms with van der Waals surface area (Å²) < 4.78 is 10.8. The van der Waals surface area contributed by atoms with Crippen molar-refractivity contribution in [3.63, 3.8) is 0 Å². The third kappa shape index (κ3) is 4.28. The standard InChI is InChI=1S/C23H28N6O4/c1-28(21-26-16-13-18(33-3)17(32-2)12-15(16)20(24)27-21)14-23(19-6-4-5-9-25-19)7-10-29(11-8-23)22(30)31/h4-6,9,12-13H,7-8,10-11,14H2,1-3H3,(H,30,31)(H2,24,26,27). The van der Waals surface area contributed by atoms with Gasteiger partial charge >= 0.3 is 6.09 Å². The summed E-state index contributed by atoms with van der Waals surface area (Å²) in [6.07, 6.45) is 2.17. The number of aromatic nitrogens is 3. The lowest BCUT2D eigenvalue weighted by molar-refractivity contribution is 0.116. The number of benzene rings is 1. The number of carboxylic acid groups (broad SMARTS) is 1. The van der Waals surface area contributed by atoms with Crippen molar-refractivity contribution in [2.45, 2.75) is 18.3 Å². The van der Waals surface area contributed by atoms with Gasteiger partial charge in [0.05, 0.1) is 19.7 Å². The Kier molecular flexibility index (Phi) is 6.08. The van der Waals surface area contributed by atoms with Crippen molar-refractivity contribution in [2.75, 3.05) is 51.5 Å². The predicted octanol–water partition coefficient (Wildman–Crippen LogP) is 2.77. The first-order valence-electron chi connectivity index (χ1n) is 10.7. The monoisotopic (exact) mass is 452 g/mol. The molecule has 33 heavy (non-hydrogen) atoms. The van der Waals surface area contributed by atoms with E-state index in [9.17, 15) is 9.90 Å². The molecule has 1 aliphatic heterocycles. The van der Waals surface area contributed by atoms with Crippen LogP contribution in [0.1, 0.15) is 18.5 Å². The van der Waals surface area contributed by atoms with Gasteiger partial charge in [0.25, 0.3) is 0 Å². The van der Waals surface area contributed by atoms with Gasteiger partial charge in [-0.15, -0.1) is 0 Å². The number of pyridine rings is 1. The molecule has 1 amide bonds. The summed E-state index contributed by atoms with van der Waals surface area (Å²) in [7, 11) is 5.05. The Hall–Kier alpha value is -3.82. The Bertz CT molecular complexity index is 1150. The molecule has 0 atom stereocenters. The molecule has 0 spiro atoms. The lowest BCUT2D eigenvalue weighted by Gasteiger charge is -2.42. The minimum atomic E-state index is -0.895. The van der Waals surface area contributed by atoms with Crippen molar-refractivity contribution in [1.29, 1.82) is 0 Å². The third-order valence-electron chi connectivity index (χ3n) is 6.30. The van der Waals surface area contributed by atoms with E-state index in [1.54, 1.807) is 32.5 Å². The van der Waals surface area contributed by atoms with Crippen LogP contribution in [0.5, 0.6) is 11.5 Å². The fraction of sp³-hybridized carbons (Fsp3) is 0.391. The van der Waals surface area contributed by atoms with Gasteiger partial charge in [-0.3, -0.25) is 4.98 Å². The van der Waals surface area contributed by atoms with Crippen LogP contribution in [0, 0.1) is 0 Å². The Morgan fingerprint density at radius 3 is 2.48 bits per heavy atom. The average molecular weight is 453 g/mol. The van der Waals surface area contributed by atoms with E-state index < -0.39 is 6.09 Å². The van der Waals surface area contributed by atoms with E-state index in [0.29, 0.717) is 66.6 Å². The first-order valence-corrected chi connectivity index (χ1v) is 10.7. The molecule has 0 unspecified atom stereocenters. The quantitative estimate of drug-likeness (QED) is 0.580. The largest absolute Gasteiger partial charge is 0.493 e. The highest BCUT2D eigenvalue weighted by molar-refractivity contribution is 5.91. The van der Waals surface area contributed by atoms with E-state index in [4.69, 9.17) is 20.2 Å². The normalized spacial score (nSPS) is 15.3. The van der Waals surface area contributed by atoms with Gasteiger partial charge < -0.3 is 30.1 Å². The number of methoxy groups -OCH3 is 2. The number of fused-ring (bicyclic) bond motifs is 1. The number of likely N-dealkylation sites (tertiary alicyclic amines) is 1. The van der Waals surface area contributed by atoms with E-state index in [-0.39, 0.29) is 5.41 Å². The van der Waals surface area contributed by atoms with Gasteiger partial charge in [0, 0.05) is 55.4 Å². The molecule has 1 fully saturated rings.